The van der Waals surface area contributed by atoms with Crippen molar-refractivity contribution in [1.82, 2.24) is 14.5 Å². The van der Waals surface area contributed by atoms with E-state index in [9.17, 15) is 4.79 Å². The van der Waals surface area contributed by atoms with Gasteiger partial charge in [-0.1, -0.05) is 24.3 Å². The van der Waals surface area contributed by atoms with Crippen LogP contribution in [0.1, 0.15) is 17.5 Å². The zero-order valence-electron chi connectivity index (χ0n) is 13.5. The van der Waals surface area contributed by atoms with Crippen LogP contribution in [0.2, 0.25) is 0 Å². The van der Waals surface area contributed by atoms with Crippen LogP contribution in [0.3, 0.4) is 0 Å². The van der Waals surface area contributed by atoms with Gasteiger partial charge in [0.05, 0.1) is 29.0 Å². The molecule has 0 fully saturated rings. The van der Waals surface area contributed by atoms with Gasteiger partial charge in [0.15, 0.2) is 0 Å². The van der Waals surface area contributed by atoms with Crippen molar-refractivity contribution in [2.24, 2.45) is 0 Å². The molecule has 120 valence electrons. The van der Waals surface area contributed by atoms with Crippen molar-refractivity contribution in [2.75, 3.05) is 7.05 Å². The molecule has 0 aliphatic heterocycles. The monoisotopic (exact) mass is 318 g/mol. The lowest BCUT2D eigenvalue weighted by Gasteiger charge is -2.17. The van der Waals surface area contributed by atoms with E-state index in [4.69, 9.17) is 5.26 Å². The number of benzene rings is 2. The molecule has 0 radical (unpaired) electrons. The fourth-order valence-corrected chi connectivity index (χ4v) is 2.70. The number of amides is 1. The Morgan fingerprint density at radius 1 is 1.25 bits per heavy atom. The summed E-state index contributed by atoms with van der Waals surface area (Å²) in [5, 5.41) is 8.94. The maximum absolute atomic E-state index is 12.4. The third-order valence-electron chi connectivity index (χ3n) is 4.00. The van der Waals surface area contributed by atoms with Crippen LogP contribution in [-0.4, -0.2) is 27.4 Å². The van der Waals surface area contributed by atoms with E-state index >= 15 is 0 Å². The van der Waals surface area contributed by atoms with Crippen LogP contribution in [0.5, 0.6) is 0 Å². The molecule has 1 amide bonds. The number of para-hydroxylation sites is 2. The number of rotatable bonds is 5. The van der Waals surface area contributed by atoms with Gasteiger partial charge in [0, 0.05) is 26.6 Å². The van der Waals surface area contributed by atoms with Crippen LogP contribution >= 0.6 is 0 Å². The standard InChI is InChI=1S/C19H18N4O/c1-22(13-16-6-4-5-15(11-16)12-20)19(24)9-10-23-14-21-17-7-2-3-8-18(17)23/h2-8,11,14H,9-10,13H2,1H3. The molecule has 1 heterocycles. The van der Waals surface area contributed by atoms with E-state index in [1.807, 2.05) is 47.0 Å². The summed E-state index contributed by atoms with van der Waals surface area (Å²) in [6, 6.07) is 17.3. The molecule has 0 saturated heterocycles. The Bertz CT molecular complexity index is 907. The number of aryl methyl sites for hydroxylation is 1. The first-order valence-corrected chi connectivity index (χ1v) is 7.80. The highest BCUT2D eigenvalue weighted by Gasteiger charge is 2.11. The summed E-state index contributed by atoms with van der Waals surface area (Å²) in [5.41, 5.74) is 3.54. The van der Waals surface area contributed by atoms with Gasteiger partial charge in [-0.25, -0.2) is 4.98 Å². The van der Waals surface area contributed by atoms with Crippen LogP contribution in [0.15, 0.2) is 54.9 Å². The van der Waals surface area contributed by atoms with Crippen LogP contribution in [0, 0.1) is 11.3 Å². The fraction of sp³-hybridized carbons (Fsp3) is 0.211. The highest BCUT2D eigenvalue weighted by Crippen LogP contribution is 2.13. The number of nitriles is 1. The average Bonchev–Trinajstić information content (AvgIpc) is 3.03. The smallest absolute Gasteiger partial charge is 0.224 e. The summed E-state index contributed by atoms with van der Waals surface area (Å²) in [7, 11) is 1.79. The van der Waals surface area contributed by atoms with E-state index in [2.05, 4.69) is 11.1 Å². The number of carbonyl (C=O) groups is 1. The molecule has 0 atom stereocenters. The minimum atomic E-state index is 0.0649. The highest BCUT2D eigenvalue weighted by molar-refractivity contribution is 5.77. The van der Waals surface area contributed by atoms with E-state index in [-0.39, 0.29) is 5.91 Å². The molecule has 24 heavy (non-hydrogen) atoms. The molecule has 3 rings (SSSR count). The van der Waals surface area contributed by atoms with Crippen LogP contribution in [0.25, 0.3) is 11.0 Å². The zero-order valence-corrected chi connectivity index (χ0v) is 13.5. The molecule has 0 aliphatic carbocycles. The number of fused-ring (bicyclic) bond motifs is 1. The summed E-state index contributed by atoms with van der Waals surface area (Å²) in [5.74, 6) is 0.0649. The van der Waals surface area contributed by atoms with Gasteiger partial charge in [-0.05, 0) is 29.8 Å². The zero-order chi connectivity index (χ0) is 16.9. The highest BCUT2D eigenvalue weighted by atomic mass is 16.2. The molecule has 0 aliphatic rings. The first kappa shape index (κ1) is 15.8. The fourth-order valence-electron chi connectivity index (χ4n) is 2.70. The largest absolute Gasteiger partial charge is 0.341 e. The van der Waals surface area contributed by atoms with Crippen molar-refractivity contribution in [2.45, 2.75) is 19.5 Å². The molecule has 0 bridgehead atoms. The lowest BCUT2D eigenvalue weighted by molar-refractivity contribution is -0.130. The summed E-state index contributed by atoms with van der Waals surface area (Å²) < 4.78 is 2.00. The van der Waals surface area contributed by atoms with Crippen molar-refractivity contribution in [3.05, 3.63) is 66.0 Å². The normalized spacial score (nSPS) is 10.5. The van der Waals surface area contributed by atoms with Gasteiger partial charge in [-0.15, -0.1) is 0 Å². The Morgan fingerprint density at radius 2 is 2.08 bits per heavy atom. The molecule has 1 aromatic heterocycles. The molecule has 0 unspecified atom stereocenters. The van der Waals surface area contributed by atoms with Gasteiger partial charge in [0.2, 0.25) is 5.91 Å². The van der Waals surface area contributed by atoms with Crippen molar-refractivity contribution >= 4 is 16.9 Å². The van der Waals surface area contributed by atoms with Crippen LogP contribution in [0.4, 0.5) is 0 Å². The van der Waals surface area contributed by atoms with Crippen molar-refractivity contribution < 1.29 is 4.79 Å². The molecule has 0 spiro atoms. The maximum Gasteiger partial charge on any atom is 0.224 e. The molecule has 0 N–H and O–H groups in total. The average molecular weight is 318 g/mol. The van der Waals surface area contributed by atoms with E-state index < -0.39 is 0 Å². The van der Waals surface area contributed by atoms with Gasteiger partial charge in [0.25, 0.3) is 0 Å². The lowest BCUT2D eigenvalue weighted by atomic mass is 10.1. The topological polar surface area (TPSA) is 61.9 Å². The Labute approximate surface area is 140 Å². The molecule has 3 aromatic rings. The van der Waals surface area contributed by atoms with Gasteiger partial charge in [-0.3, -0.25) is 4.79 Å². The molecule has 5 heteroatoms. The summed E-state index contributed by atoms with van der Waals surface area (Å²) in [4.78, 5) is 18.4. The van der Waals surface area contributed by atoms with E-state index in [1.165, 1.54) is 0 Å². The molecule has 5 nitrogen and oxygen atoms in total. The summed E-state index contributed by atoms with van der Waals surface area (Å²) in [6.07, 6.45) is 2.18. The Balaban J connectivity index is 1.61. The first-order chi connectivity index (χ1) is 11.7. The Morgan fingerprint density at radius 3 is 2.92 bits per heavy atom. The number of aromatic nitrogens is 2. The minimum Gasteiger partial charge on any atom is -0.341 e. The number of carbonyl (C=O) groups excluding carboxylic acids is 1. The number of nitrogens with zero attached hydrogens (tertiary/aromatic N) is 4. The van der Waals surface area contributed by atoms with E-state index in [1.54, 1.807) is 24.3 Å². The second-order valence-corrected chi connectivity index (χ2v) is 5.74. The summed E-state index contributed by atoms with van der Waals surface area (Å²) in [6.45, 7) is 1.10. The molecule has 2 aromatic carbocycles. The predicted molar refractivity (Wildman–Crippen MR) is 92.0 cm³/mol. The predicted octanol–water partition coefficient (Wildman–Crippen LogP) is 2.96. The molecular weight excluding hydrogens is 300 g/mol. The van der Waals surface area contributed by atoms with Gasteiger partial charge >= 0.3 is 0 Å². The molecule has 0 saturated carbocycles. The van der Waals surface area contributed by atoms with E-state index in [0.717, 1.165) is 16.6 Å². The van der Waals surface area contributed by atoms with Crippen molar-refractivity contribution in [3.63, 3.8) is 0 Å². The number of imidazole rings is 1. The van der Waals surface area contributed by atoms with Gasteiger partial charge in [0.1, 0.15) is 0 Å². The number of hydrogen-bond donors (Lipinski definition) is 0. The quantitative estimate of drug-likeness (QED) is 0.726. The van der Waals surface area contributed by atoms with Crippen molar-refractivity contribution in [1.29, 1.82) is 5.26 Å². The van der Waals surface area contributed by atoms with E-state index in [0.29, 0.717) is 25.1 Å². The summed E-state index contributed by atoms with van der Waals surface area (Å²) >= 11 is 0. The van der Waals surface area contributed by atoms with Crippen molar-refractivity contribution in [3.8, 4) is 6.07 Å². The number of hydrogen-bond acceptors (Lipinski definition) is 3. The second kappa shape index (κ2) is 6.97. The van der Waals surface area contributed by atoms with Gasteiger partial charge < -0.3 is 9.47 Å². The first-order valence-electron chi connectivity index (χ1n) is 7.80. The SMILES string of the molecule is CN(Cc1cccc(C#N)c1)C(=O)CCn1cnc2ccccc21. The van der Waals surface area contributed by atoms with Crippen LogP contribution in [-0.2, 0) is 17.9 Å². The van der Waals surface area contributed by atoms with Gasteiger partial charge in [-0.2, -0.15) is 5.26 Å². The minimum absolute atomic E-state index is 0.0649. The molecular formula is C19H18N4O. The Kier molecular flexibility index (Phi) is 4.57. The maximum atomic E-state index is 12.4. The second-order valence-electron chi connectivity index (χ2n) is 5.74. The lowest BCUT2D eigenvalue weighted by Crippen LogP contribution is -2.27. The Hall–Kier alpha value is -3.13. The third kappa shape index (κ3) is 3.44. The third-order valence-corrected chi connectivity index (χ3v) is 4.00. The van der Waals surface area contributed by atoms with Crippen LogP contribution < -0.4 is 0 Å².